The van der Waals surface area contributed by atoms with Gasteiger partial charge in [0.2, 0.25) is 5.60 Å². The van der Waals surface area contributed by atoms with Crippen molar-refractivity contribution in [1.82, 2.24) is 4.98 Å². The number of thiazole rings is 1. The van der Waals surface area contributed by atoms with Gasteiger partial charge < -0.3 is 9.84 Å². The third-order valence-electron chi connectivity index (χ3n) is 4.83. The van der Waals surface area contributed by atoms with Crippen LogP contribution in [0.1, 0.15) is 47.1 Å². The van der Waals surface area contributed by atoms with E-state index >= 15 is 0 Å². The standard InChI is InChI=1S/C24H25NO4S2/c1-24(16-26,22-21(23(27)28)31-17-25-22)29-19-11-13-20(14-12-19)30-15-7-3-6-10-18-8-4-2-5-9-18/h2,4-5,8-9,11-14,16-17H,3,6-7,10,15H2,1H3,(H,27,28). The quantitative estimate of drug-likeness (QED) is 0.210. The van der Waals surface area contributed by atoms with Gasteiger partial charge in [0.1, 0.15) is 16.3 Å². The first-order valence-electron chi connectivity index (χ1n) is 10.1. The summed E-state index contributed by atoms with van der Waals surface area (Å²) in [5, 5.41) is 9.31. The van der Waals surface area contributed by atoms with Gasteiger partial charge in [-0.1, -0.05) is 36.8 Å². The Hall–Kier alpha value is -2.64. The number of ether oxygens (including phenoxy) is 1. The largest absolute Gasteiger partial charge is 0.477 e. The summed E-state index contributed by atoms with van der Waals surface area (Å²) >= 11 is 2.76. The minimum Gasteiger partial charge on any atom is -0.477 e. The molecule has 3 aromatic rings. The third-order valence-corrected chi connectivity index (χ3v) is 6.74. The average molecular weight is 456 g/mol. The lowest BCUT2D eigenvalue weighted by molar-refractivity contribution is -0.121. The first-order valence-corrected chi connectivity index (χ1v) is 12.0. The molecule has 3 rings (SSSR count). The lowest BCUT2D eigenvalue weighted by Gasteiger charge is -2.24. The molecule has 0 aliphatic carbocycles. The number of benzene rings is 2. The maximum absolute atomic E-state index is 11.7. The number of aldehydes is 1. The van der Waals surface area contributed by atoms with E-state index in [1.54, 1.807) is 23.9 Å². The first kappa shape index (κ1) is 23.0. The maximum atomic E-state index is 11.7. The summed E-state index contributed by atoms with van der Waals surface area (Å²) in [6, 6.07) is 18.1. The number of nitrogens with zero attached hydrogens (tertiary/aromatic N) is 1. The highest BCUT2D eigenvalue weighted by Gasteiger charge is 2.35. The molecule has 0 bridgehead atoms. The molecule has 162 valence electrons. The first-order chi connectivity index (χ1) is 15.0. The van der Waals surface area contributed by atoms with Crippen molar-refractivity contribution in [1.29, 1.82) is 0 Å². The van der Waals surface area contributed by atoms with E-state index in [-0.39, 0.29) is 10.6 Å². The van der Waals surface area contributed by atoms with Crippen molar-refractivity contribution >= 4 is 35.4 Å². The Morgan fingerprint density at radius 2 is 1.87 bits per heavy atom. The Balaban J connectivity index is 1.47. The SMILES string of the molecule is CC(C=O)(Oc1ccc(SCCCCCc2ccccc2)cc1)c1ncsc1C(=O)O. The summed E-state index contributed by atoms with van der Waals surface area (Å²) < 4.78 is 5.84. The molecule has 1 heterocycles. The van der Waals surface area contributed by atoms with Crippen molar-refractivity contribution in [3.63, 3.8) is 0 Å². The molecule has 0 aliphatic rings. The van der Waals surface area contributed by atoms with Gasteiger partial charge in [0.15, 0.2) is 6.29 Å². The normalized spacial score (nSPS) is 12.8. The molecule has 31 heavy (non-hydrogen) atoms. The number of carboxylic acid groups (broad SMARTS) is 1. The Labute approximate surface area is 190 Å². The van der Waals surface area contributed by atoms with Crippen LogP contribution in [0.25, 0.3) is 0 Å². The van der Waals surface area contributed by atoms with Crippen LogP contribution in [0.3, 0.4) is 0 Å². The predicted molar refractivity (Wildman–Crippen MR) is 124 cm³/mol. The van der Waals surface area contributed by atoms with Gasteiger partial charge in [-0.3, -0.25) is 4.79 Å². The molecule has 0 spiro atoms. The average Bonchev–Trinajstić information content (AvgIpc) is 3.29. The lowest BCUT2D eigenvalue weighted by atomic mass is 10.0. The van der Waals surface area contributed by atoms with Crippen molar-refractivity contribution in [2.24, 2.45) is 0 Å². The summed E-state index contributed by atoms with van der Waals surface area (Å²) in [6.45, 7) is 1.53. The Kier molecular flexibility index (Phi) is 8.26. The topological polar surface area (TPSA) is 76.5 Å². The van der Waals surface area contributed by atoms with Crippen molar-refractivity contribution in [2.45, 2.75) is 43.1 Å². The minimum absolute atomic E-state index is 0.00837. The zero-order chi connectivity index (χ0) is 22.1. The number of hydrogen-bond donors (Lipinski definition) is 1. The van der Waals surface area contributed by atoms with Gasteiger partial charge in [0.05, 0.1) is 5.51 Å². The van der Waals surface area contributed by atoms with Gasteiger partial charge in [-0.05, 0) is 61.8 Å². The second-order valence-corrected chi connectivity index (χ2v) is 9.30. The van der Waals surface area contributed by atoms with Crippen molar-refractivity contribution in [3.05, 3.63) is 76.2 Å². The van der Waals surface area contributed by atoms with Crippen molar-refractivity contribution < 1.29 is 19.4 Å². The molecule has 0 radical (unpaired) electrons. The summed E-state index contributed by atoms with van der Waals surface area (Å²) in [5.74, 6) is 0.415. The molecule has 0 amide bonds. The van der Waals surface area contributed by atoms with E-state index in [0.717, 1.165) is 34.8 Å². The summed E-state index contributed by atoms with van der Waals surface area (Å²) in [7, 11) is 0. The summed E-state index contributed by atoms with van der Waals surface area (Å²) in [6.07, 6.45) is 5.25. The van der Waals surface area contributed by atoms with Crippen molar-refractivity contribution in [2.75, 3.05) is 5.75 Å². The third kappa shape index (κ3) is 6.42. The molecule has 1 aromatic heterocycles. The molecule has 0 saturated heterocycles. The van der Waals surface area contributed by atoms with Gasteiger partial charge in [-0.15, -0.1) is 23.1 Å². The van der Waals surface area contributed by atoms with Gasteiger partial charge >= 0.3 is 5.97 Å². The van der Waals surface area contributed by atoms with Crippen LogP contribution in [0, 0.1) is 0 Å². The highest BCUT2D eigenvalue weighted by Crippen LogP contribution is 2.31. The number of aromatic nitrogens is 1. The maximum Gasteiger partial charge on any atom is 0.347 e. The zero-order valence-electron chi connectivity index (χ0n) is 17.3. The fourth-order valence-electron chi connectivity index (χ4n) is 3.17. The molecule has 7 heteroatoms. The van der Waals surface area contributed by atoms with Gasteiger partial charge in [-0.2, -0.15) is 0 Å². The molecule has 0 saturated carbocycles. The smallest absolute Gasteiger partial charge is 0.347 e. The van der Waals surface area contributed by atoms with Crippen LogP contribution in [0.2, 0.25) is 0 Å². The van der Waals surface area contributed by atoms with Crippen LogP contribution in [-0.4, -0.2) is 28.1 Å². The van der Waals surface area contributed by atoms with Crippen LogP contribution >= 0.6 is 23.1 Å². The van der Waals surface area contributed by atoms with Crippen LogP contribution in [0.4, 0.5) is 0 Å². The molecule has 1 N–H and O–H groups in total. The van der Waals surface area contributed by atoms with Crippen LogP contribution < -0.4 is 4.74 Å². The van der Waals surface area contributed by atoms with Crippen molar-refractivity contribution in [3.8, 4) is 5.75 Å². The van der Waals surface area contributed by atoms with E-state index in [9.17, 15) is 14.7 Å². The van der Waals surface area contributed by atoms with E-state index in [0.29, 0.717) is 12.0 Å². The monoisotopic (exact) mass is 455 g/mol. The van der Waals surface area contributed by atoms with Gasteiger partial charge in [0.25, 0.3) is 0 Å². The number of carbonyl (C=O) groups is 2. The minimum atomic E-state index is -1.46. The molecule has 5 nitrogen and oxygen atoms in total. The lowest BCUT2D eigenvalue weighted by Crippen LogP contribution is -2.33. The molecule has 1 atom stereocenters. The summed E-state index contributed by atoms with van der Waals surface area (Å²) in [5.41, 5.74) is 1.46. The van der Waals surface area contributed by atoms with Crippen LogP contribution in [-0.2, 0) is 16.8 Å². The van der Waals surface area contributed by atoms with E-state index in [2.05, 4.69) is 29.2 Å². The van der Waals surface area contributed by atoms with Gasteiger partial charge in [0, 0.05) is 4.90 Å². The molecule has 2 aromatic carbocycles. The van der Waals surface area contributed by atoms with E-state index in [1.165, 1.54) is 30.8 Å². The fraction of sp³-hybridized carbons (Fsp3) is 0.292. The highest BCUT2D eigenvalue weighted by atomic mass is 32.2. The molecular formula is C24H25NO4S2. The predicted octanol–water partition coefficient (Wildman–Crippen LogP) is 5.84. The number of aryl methyl sites for hydroxylation is 1. The number of thioether (sulfide) groups is 1. The second kappa shape index (κ2) is 11.1. The number of rotatable bonds is 12. The fourth-order valence-corrected chi connectivity index (χ4v) is 4.82. The second-order valence-electron chi connectivity index (χ2n) is 7.28. The number of carbonyl (C=O) groups excluding carboxylic acids is 1. The molecular weight excluding hydrogens is 430 g/mol. The Bertz CT molecular complexity index is 988. The van der Waals surface area contributed by atoms with Crippen LogP contribution in [0.15, 0.2) is 65.0 Å². The molecule has 1 unspecified atom stereocenters. The van der Waals surface area contributed by atoms with Gasteiger partial charge in [-0.25, -0.2) is 9.78 Å². The number of unbranched alkanes of at least 4 members (excludes halogenated alkanes) is 2. The Morgan fingerprint density at radius 1 is 1.13 bits per heavy atom. The van der Waals surface area contributed by atoms with E-state index in [1.807, 2.05) is 18.2 Å². The Morgan fingerprint density at radius 3 is 2.55 bits per heavy atom. The zero-order valence-corrected chi connectivity index (χ0v) is 19.0. The van der Waals surface area contributed by atoms with E-state index in [4.69, 9.17) is 4.74 Å². The highest BCUT2D eigenvalue weighted by molar-refractivity contribution is 7.99. The molecule has 0 fully saturated rings. The van der Waals surface area contributed by atoms with Crippen LogP contribution in [0.5, 0.6) is 5.75 Å². The number of carboxylic acids is 1. The number of aromatic carboxylic acids is 1. The number of hydrogen-bond acceptors (Lipinski definition) is 6. The summed E-state index contributed by atoms with van der Waals surface area (Å²) in [4.78, 5) is 28.3. The molecule has 0 aliphatic heterocycles. The van der Waals surface area contributed by atoms with E-state index < -0.39 is 11.6 Å².